The molecule has 1 rings (SSSR count). The second-order valence-corrected chi connectivity index (χ2v) is 8.14. The fourth-order valence-electron chi connectivity index (χ4n) is 2.27. The smallest absolute Gasteiger partial charge is 0.361 e. The van der Waals surface area contributed by atoms with Crippen LogP contribution in [0.25, 0.3) is 0 Å². The molecule has 0 amide bonds. The Labute approximate surface area is 137 Å². The van der Waals surface area contributed by atoms with Gasteiger partial charge in [-0.15, -0.1) is 0 Å². The fourth-order valence-corrected chi connectivity index (χ4v) is 3.52. The summed E-state index contributed by atoms with van der Waals surface area (Å²) in [5.41, 5.74) is 0. The van der Waals surface area contributed by atoms with Gasteiger partial charge in [0.1, 0.15) is 20.1 Å². The molecule has 0 spiro atoms. The number of methoxy groups -OCH3 is 1. The molecule has 0 aromatic heterocycles. The third kappa shape index (κ3) is 4.54. The van der Waals surface area contributed by atoms with Crippen LogP contribution in [0.2, 0.25) is 0 Å². The zero-order valence-electron chi connectivity index (χ0n) is 13.8. The Balaban J connectivity index is 2.89. The maximum Gasteiger partial charge on any atom is 0.361 e. The first-order valence-electron chi connectivity index (χ1n) is 7.50. The van der Waals surface area contributed by atoms with Crippen LogP contribution in [0.1, 0.15) is 40.0 Å². The van der Waals surface area contributed by atoms with Gasteiger partial charge in [-0.05, 0) is 13.3 Å². The Kier molecular flexibility index (Phi) is 6.84. The largest absolute Gasteiger partial charge is 0.388 e. The summed E-state index contributed by atoms with van der Waals surface area (Å²) in [6.45, 7) is 3.99. The summed E-state index contributed by atoms with van der Waals surface area (Å²) in [5, 5.41) is 17.9. The molecule has 1 saturated heterocycles. The average Bonchev–Trinajstić information content (AvgIpc) is 2.71. The van der Waals surface area contributed by atoms with Crippen molar-refractivity contribution in [2.24, 2.45) is 0 Å². The Morgan fingerprint density at radius 2 is 1.96 bits per heavy atom. The Bertz CT molecular complexity index is 452. The van der Waals surface area contributed by atoms with Crippen molar-refractivity contribution >= 4 is 15.4 Å². The maximum absolute atomic E-state index is 14.9. The third-order valence-corrected chi connectivity index (χ3v) is 6.35. The van der Waals surface area contributed by atoms with E-state index in [9.17, 15) is 24.1 Å². The van der Waals surface area contributed by atoms with Crippen molar-refractivity contribution < 1.29 is 38.1 Å². The normalized spacial score (nSPS) is 36.2. The van der Waals surface area contributed by atoms with E-state index in [-0.39, 0.29) is 12.8 Å². The van der Waals surface area contributed by atoms with Gasteiger partial charge in [-0.25, -0.2) is 4.39 Å². The van der Waals surface area contributed by atoms with E-state index in [1.54, 1.807) is 0 Å². The Morgan fingerprint density at radius 1 is 1.39 bits per heavy atom. The first-order valence-corrected chi connectivity index (χ1v) is 9.07. The third-order valence-electron chi connectivity index (χ3n) is 4.25. The van der Waals surface area contributed by atoms with Gasteiger partial charge in [0, 0.05) is 26.0 Å². The van der Waals surface area contributed by atoms with Crippen molar-refractivity contribution in [1.82, 2.24) is 0 Å². The van der Waals surface area contributed by atoms with Gasteiger partial charge in [0.15, 0.2) is 5.34 Å². The lowest BCUT2D eigenvalue weighted by Crippen LogP contribution is -2.40. The summed E-state index contributed by atoms with van der Waals surface area (Å²) in [4.78, 5) is 9.89. The number of aliphatic hydroxyl groups is 2. The van der Waals surface area contributed by atoms with E-state index in [1.165, 1.54) is 21.0 Å². The number of ether oxygens (including phenoxy) is 2. The number of hydrogen-bond acceptors (Lipinski definition) is 6. The molecule has 1 heterocycles. The lowest BCUT2D eigenvalue weighted by molar-refractivity contribution is -0.125. The van der Waals surface area contributed by atoms with Crippen LogP contribution < -0.4 is 0 Å². The summed E-state index contributed by atoms with van der Waals surface area (Å²) in [5.74, 6) is -2.57. The second-order valence-electron chi connectivity index (χ2n) is 5.95. The molecule has 7 nitrogen and oxygen atoms in total. The molecule has 1 aliphatic rings. The van der Waals surface area contributed by atoms with Gasteiger partial charge in [0.2, 0.25) is 5.85 Å². The zero-order valence-corrected chi connectivity index (χ0v) is 14.7. The van der Waals surface area contributed by atoms with Gasteiger partial charge in [-0.3, -0.25) is 9.09 Å². The molecule has 0 bridgehead atoms. The highest BCUT2D eigenvalue weighted by Gasteiger charge is 2.51. The first kappa shape index (κ1) is 21.0. The van der Waals surface area contributed by atoms with Gasteiger partial charge in [-0.1, -0.05) is 13.8 Å². The van der Waals surface area contributed by atoms with Crippen LogP contribution >= 0.6 is 7.60 Å². The van der Waals surface area contributed by atoms with E-state index in [2.05, 4.69) is 0 Å². The number of rotatable bonds is 8. The van der Waals surface area contributed by atoms with Crippen molar-refractivity contribution in [3.05, 3.63) is 0 Å². The summed E-state index contributed by atoms with van der Waals surface area (Å²) < 4.78 is 42.1. The molecule has 7 atom stereocenters. The van der Waals surface area contributed by atoms with E-state index >= 15 is 0 Å². The number of halogens is 1. The van der Waals surface area contributed by atoms with Crippen LogP contribution in [0, 0.1) is 0 Å². The predicted molar refractivity (Wildman–Crippen MR) is 81.8 cm³/mol. The Hall–Kier alpha value is -0.0151. The fraction of sp³-hybridized carbons (Fsp3) is 1.00. The van der Waals surface area contributed by atoms with E-state index in [0.29, 0.717) is 0 Å². The topological polar surface area (TPSA) is 105 Å². The van der Waals surface area contributed by atoms with Crippen molar-refractivity contribution in [3.63, 3.8) is 0 Å². The van der Waals surface area contributed by atoms with Crippen LogP contribution in [0.15, 0.2) is 0 Å². The van der Waals surface area contributed by atoms with Crippen LogP contribution in [0.5, 0.6) is 0 Å². The number of hydrogen-bond donors (Lipinski definition) is 3. The molecule has 0 saturated carbocycles. The van der Waals surface area contributed by atoms with Crippen molar-refractivity contribution in [1.29, 1.82) is 0 Å². The molecule has 3 N–H and O–H groups in total. The van der Waals surface area contributed by atoms with Crippen LogP contribution in [-0.2, 0) is 18.6 Å². The monoisotopic (exact) mass is 354 g/mol. The maximum atomic E-state index is 14.9. The summed E-state index contributed by atoms with van der Waals surface area (Å²) in [6, 6.07) is -0.944. The van der Waals surface area contributed by atoms with Gasteiger partial charge >= 0.3 is 7.60 Å². The van der Waals surface area contributed by atoms with E-state index < -0.39 is 49.5 Å². The molecule has 10 heteroatoms. The highest BCUT2D eigenvalue weighted by atomic mass is 31.2. The average molecular weight is 354 g/mol. The standard InChI is InChI=1S/C13H25BFO7P/c1-5-12(3,17)23(18,19)22-13(15,6-2)7-8-9(16)10(20-4)11(14)21-8/h8-11,16-17H,5-7H2,1-4H3,(H,18,19)/t8-,9-,10-,11-,12?,13?/m1/s1. The molecular weight excluding hydrogens is 329 g/mol. The second kappa shape index (κ2) is 7.48. The zero-order chi connectivity index (χ0) is 18.1. The van der Waals surface area contributed by atoms with Crippen LogP contribution in [0.3, 0.4) is 0 Å². The molecule has 1 fully saturated rings. The highest BCUT2D eigenvalue weighted by Crippen LogP contribution is 2.59. The van der Waals surface area contributed by atoms with Crippen LogP contribution in [-0.4, -0.2) is 65.6 Å². The van der Waals surface area contributed by atoms with E-state index in [1.807, 2.05) is 0 Å². The van der Waals surface area contributed by atoms with Crippen LogP contribution in [0.4, 0.5) is 4.39 Å². The molecule has 3 unspecified atom stereocenters. The molecule has 1 aliphatic heterocycles. The van der Waals surface area contributed by atoms with Crippen molar-refractivity contribution in [2.45, 2.75) is 75.5 Å². The molecule has 0 aromatic rings. The van der Waals surface area contributed by atoms with Gasteiger partial charge in [0.05, 0.1) is 6.10 Å². The lowest BCUT2D eigenvalue weighted by atomic mass is 9.92. The van der Waals surface area contributed by atoms with E-state index in [4.69, 9.17) is 21.8 Å². The molecule has 0 aromatic carbocycles. The van der Waals surface area contributed by atoms with Crippen molar-refractivity contribution in [3.8, 4) is 0 Å². The molecule has 134 valence electrons. The van der Waals surface area contributed by atoms with Gasteiger partial charge in [0.25, 0.3) is 0 Å². The lowest BCUT2D eigenvalue weighted by Gasteiger charge is -2.34. The molecule has 2 radical (unpaired) electrons. The Morgan fingerprint density at radius 3 is 2.35 bits per heavy atom. The minimum absolute atomic E-state index is 0.0975. The quantitative estimate of drug-likeness (QED) is 0.442. The van der Waals surface area contributed by atoms with Crippen molar-refractivity contribution in [2.75, 3.05) is 7.11 Å². The summed E-state index contributed by atoms with van der Waals surface area (Å²) >= 11 is 0. The molecular formula is C13H25BFO7P. The minimum atomic E-state index is -4.67. The first-order chi connectivity index (χ1) is 10.4. The predicted octanol–water partition coefficient (Wildman–Crippen LogP) is 1.04. The number of aliphatic hydroxyl groups excluding tert-OH is 1. The van der Waals surface area contributed by atoms with Gasteiger partial charge in [-0.2, -0.15) is 0 Å². The highest BCUT2D eigenvalue weighted by molar-refractivity contribution is 7.54. The summed E-state index contributed by atoms with van der Waals surface area (Å²) in [7, 11) is 2.30. The molecule has 0 aliphatic carbocycles. The SMILES string of the molecule is [B][C@@H]1O[C@H](CC(F)(CC)OP(=O)(O)C(C)(O)CC)[C@@H](O)[C@H]1OC. The number of alkyl halides is 1. The van der Waals surface area contributed by atoms with Gasteiger partial charge < -0.3 is 24.6 Å². The molecule has 23 heavy (non-hydrogen) atoms. The van der Waals surface area contributed by atoms with E-state index in [0.717, 1.165) is 6.92 Å². The summed E-state index contributed by atoms with van der Waals surface area (Å²) in [6.07, 6.45) is -4.00. The minimum Gasteiger partial charge on any atom is -0.388 e.